The van der Waals surface area contributed by atoms with E-state index in [0.717, 1.165) is 0 Å². The number of unbranched alkanes of at least 4 members (excludes halogenated alkanes) is 23. The first-order valence-corrected chi connectivity index (χ1v) is 16.5. The molecule has 0 saturated carbocycles. The minimum Gasteiger partial charge on any atom is -0.359 e. The van der Waals surface area contributed by atoms with Gasteiger partial charge in [0, 0.05) is 26.0 Å². The molecule has 0 fully saturated rings. The van der Waals surface area contributed by atoms with Crippen molar-refractivity contribution in [1.29, 1.82) is 0 Å². The van der Waals surface area contributed by atoms with Gasteiger partial charge < -0.3 is 9.80 Å². The SMILES string of the molecule is CCCCCCCCCCCCCCCCCCCN1C=CN(C)C1CCCCCCCCCC. The van der Waals surface area contributed by atoms with Gasteiger partial charge in [-0.05, 0) is 19.3 Å². The molecule has 0 aromatic heterocycles. The maximum atomic E-state index is 2.62. The fourth-order valence-corrected chi connectivity index (χ4v) is 5.70. The van der Waals surface area contributed by atoms with Gasteiger partial charge in [0.2, 0.25) is 0 Å². The van der Waals surface area contributed by atoms with Crippen LogP contribution in [0.5, 0.6) is 0 Å². The Balaban J connectivity index is 1.86. The molecule has 1 aliphatic rings. The molecule has 1 unspecified atom stereocenters. The fraction of sp³-hybridized carbons (Fsp3) is 0.939. The first kappa shape index (κ1) is 32.4. The van der Waals surface area contributed by atoms with E-state index in [0.29, 0.717) is 6.17 Å². The van der Waals surface area contributed by atoms with Crippen molar-refractivity contribution in [2.75, 3.05) is 13.6 Å². The second-order valence-corrected chi connectivity index (χ2v) is 11.6. The molecule has 0 bridgehead atoms. The first-order chi connectivity index (χ1) is 17.3. The van der Waals surface area contributed by atoms with Gasteiger partial charge in [0.15, 0.2) is 0 Å². The van der Waals surface area contributed by atoms with E-state index in [9.17, 15) is 0 Å². The third-order valence-electron chi connectivity index (χ3n) is 8.18. The van der Waals surface area contributed by atoms with Crippen molar-refractivity contribution in [2.24, 2.45) is 0 Å². The van der Waals surface area contributed by atoms with Crippen molar-refractivity contribution in [3.05, 3.63) is 12.4 Å². The van der Waals surface area contributed by atoms with Crippen molar-refractivity contribution < 1.29 is 0 Å². The second-order valence-electron chi connectivity index (χ2n) is 11.6. The molecule has 0 aliphatic carbocycles. The van der Waals surface area contributed by atoms with Crippen molar-refractivity contribution in [3.63, 3.8) is 0 Å². The average molecular weight is 491 g/mol. The lowest BCUT2D eigenvalue weighted by Gasteiger charge is -2.30. The molecule has 208 valence electrons. The lowest BCUT2D eigenvalue weighted by atomic mass is 10.0. The molecule has 2 heteroatoms. The number of hydrogen-bond acceptors (Lipinski definition) is 2. The van der Waals surface area contributed by atoms with E-state index in [4.69, 9.17) is 0 Å². The van der Waals surface area contributed by atoms with Gasteiger partial charge in [-0.2, -0.15) is 0 Å². The first-order valence-electron chi connectivity index (χ1n) is 16.5. The Morgan fingerprint density at radius 3 is 1.17 bits per heavy atom. The normalized spacial score (nSPS) is 15.6. The monoisotopic (exact) mass is 491 g/mol. The molecule has 0 saturated heterocycles. The summed E-state index contributed by atoms with van der Waals surface area (Å²) in [7, 11) is 2.26. The zero-order chi connectivity index (χ0) is 25.2. The van der Waals surface area contributed by atoms with Crippen LogP contribution in [0, 0.1) is 0 Å². The summed E-state index contributed by atoms with van der Waals surface area (Å²) in [5.41, 5.74) is 0. The maximum Gasteiger partial charge on any atom is 0.100 e. The predicted molar refractivity (Wildman–Crippen MR) is 159 cm³/mol. The Morgan fingerprint density at radius 1 is 0.429 bits per heavy atom. The van der Waals surface area contributed by atoms with E-state index < -0.39 is 0 Å². The summed E-state index contributed by atoms with van der Waals surface area (Å²) < 4.78 is 0. The Kier molecular flexibility index (Phi) is 23.1. The van der Waals surface area contributed by atoms with Crippen LogP contribution in [-0.4, -0.2) is 29.6 Å². The highest BCUT2D eigenvalue weighted by atomic mass is 15.4. The van der Waals surface area contributed by atoms with Crippen LogP contribution in [0.2, 0.25) is 0 Å². The van der Waals surface area contributed by atoms with Crippen molar-refractivity contribution in [1.82, 2.24) is 9.80 Å². The molecule has 2 nitrogen and oxygen atoms in total. The Bertz CT molecular complexity index is 446. The highest BCUT2D eigenvalue weighted by molar-refractivity contribution is 4.95. The maximum absolute atomic E-state index is 2.62. The zero-order valence-corrected chi connectivity index (χ0v) is 24.7. The summed E-state index contributed by atoms with van der Waals surface area (Å²) >= 11 is 0. The van der Waals surface area contributed by atoms with E-state index in [2.05, 4.69) is 43.1 Å². The standard InChI is InChI=1S/C33H66N2/c1-4-6-8-10-12-14-15-16-17-18-19-20-21-22-24-26-28-30-35-32-31-34(3)33(35)29-27-25-23-13-11-9-7-5-2/h31-33H,4-30H2,1-3H3. The topological polar surface area (TPSA) is 6.48 Å². The van der Waals surface area contributed by atoms with Crippen LogP contribution in [0.4, 0.5) is 0 Å². The summed E-state index contributed by atoms with van der Waals surface area (Å²) in [5.74, 6) is 0. The van der Waals surface area contributed by atoms with Gasteiger partial charge in [-0.25, -0.2) is 0 Å². The van der Waals surface area contributed by atoms with Crippen molar-refractivity contribution in [3.8, 4) is 0 Å². The zero-order valence-electron chi connectivity index (χ0n) is 24.7. The fourth-order valence-electron chi connectivity index (χ4n) is 5.70. The highest BCUT2D eigenvalue weighted by Crippen LogP contribution is 2.21. The van der Waals surface area contributed by atoms with E-state index in [-0.39, 0.29) is 0 Å². The summed E-state index contributed by atoms with van der Waals surface area (Å²) in [4.78, 5) is 5.06. The van der Waals surface area contributed by atoms with Crippen molar-refractivity contribution >= 4 is 0 Å². The minimum absolute atomic E-state index is 0.621. The lowest BCUT2D eigenvalue weighted by molar-refractivity contribution is 0.159. The minimum atomic E-state index is 0.621. The van der Waals surface area contributed by atoms with Crippen LogP contribution in [-0.2, 0) is 0 Å². The van der Waals surface area contributed by atoms with Gasteiger partial charge in [-0.15, -0.1) is 0 Å². The van der Waals surface area contributed by atoms with E-state index in [1.807, 2.05) is 0 Å². The molecule has 0 amide bonds. The molecule has 1 atom stereocenters. The van der Waals surface area contributed by atoms with Gasteiger partial charge in [-0.3, -0.25) is 0 Å². The van der Waals surface area contributed by atoms with E-state index >= 15 is 0 Å². The van der Waals surface area contributed by atoms with Gasteiger partial charge >= 0.3 is 0 Å². The number of hydrogen-bond donors (Lipinski definition) is 0. The molecule has 0 aromatic rings. The molecule has 0 N–H and O–H groups in total. The molecule has 0 aromatic carbocycles. The summed E-state index contributed by atoms with van der Waals surface area (Å²) in [6, 6.07) is 0. The van der Waals surface area contributed by atoms with Crippen LogP contribution >= 0.6 is 0 Å². The van der Waals surface area contributed by atoms with Crippen LogP contribution < -0.4 is 0 Å². The van der Waals surface area contributed by atoms with Crippen LogP contribution in [0.25, 0.3) is 0 Å². The lowest BCUT2D eigenvalue weighted by Crippen LogP contribution is -2.37. The smallest absolute Gasteiger partial charge is 0.100 e. The van der Waals surface area contributed by atoms with Crippen LogP contribution in [0.15, 0.2) is 12.4 Å². The molecule has 1 rings (SSSR count). The summed E-state index contributed by atoms with van der Waals surface area (Å²) in [6.07, 6.45) is 42.7. The van der Waals surface area contributed by atoms with Crippen LogP contribution in [0.1, 0.15) is 181 Å². The Morgan fingerprint density at radius 2 is 0.771 bits per heavy atom. The molecule has 1 aliphatic heterocycles. The molecule has 1 heterocycles. The Labute approximate surface area is 222 Å². The number of nitrogens with zero attached hydrogens (tertiary/aromatic N) is 2. The second kappa shape index (κ2) is 25.0. The highest BCUT2D eigenvalue weighted by Gasteiger charge is 2.22. The van der Waals surface area contributed by atoms with Gasteiger partial charge in [0.05, 0.1) is 0 Å². The third kappa shape index (κ3) is 19.2. The molecule has 0 radical (unpaired) electrons. The molecule has 35 heavy (non-hydrogen) atoms. The quantitative estimate of drug-likeness (QED) is 0.106. The average Bonchev–Trinajstić information content (AvgIpc) is 3.21. The van der Waals surface area contributed by atoms with Gasteiger partial charge in [0.25, 0.3) is 0 Å². The molecule has 0 spiro atoms. The van der Waals surface area contributed by atoms with Crippen LogP contribution in [0.3, 0.4) is 0 Å². The predicted octanol–water partition coefficient (Wildman–Crippen LogP) is 11.2. The summed E-state index contributed by atoms with van der Waals surface area (Å²) in [6.45, 7) is 5.86. The van der Waals surface area contributed by atoms with Crippen molar-refractivity contribution in [2.45, 2.75) is 187 Å². The van der Waals surface area contributed by atoms with E-state index in [1.165, 1.54) is 173 Å². The van der Waals surface area contributed by atoms with Gasteiger partial charge in [0.1, 0.15) is 6.17 Å². The Hall–Kier alpha value is -0.660. The largest absolute Gasteiger partial charge is 0.359 e. The number of rotatable bonds is 27. The molecular weight excluding hydrogens is 424 g/mol. The van der Waals surface area contributed by atoms with E-state index in [1.54, 1.807) is 0 Å². The van der Waals surface area contributed by atoms with Gasteiger partial charge in [-0.1, -0.05) is 162 Å². The molecular formula is C33H66N2. The summed E-state index contributed by atoms with van der Waals surface area (Å²) in [5, 5.41) is 0. The third-order valence-corrected chi connectivity index (χ3v) is 8.18.